The molecule has 0 amide bonds. The number of para-hydroxylation sites is 1. The third-order valence-corrected chi connectivity index (χ3v) is 3.71. The molecule has 0 saturated carbocycles. The number of benzene rings is 1. The van der Waals surface area contributed by atoms with Crippen LogP contribution in [0.4, 0.5) is 5.69 Å². The molecule has 3 rings (SSSR count). The zero-order valence-corrected chi connectivity index (χ0v) is 11.6. The first-order valence-corrected chi connectivity index (χ1v) is 6.84. The highest BCUT2D eigenvalue weighted by Crippen LogP contribution is 2.34. The molecular weight excluding hydrogens is 288 g/mol. The Morgan fingerprint density at radius 3 is 2.82 bits per heavy atom. The smallest absolute Gasteiger partial charge is 0.285 e. The summed E-state index contributed by atoms with van der Waals surface area (Å²) in [6.07, 6.45) is 0.621. The lowest BCUT2D eigenvalue weighted by molar-refractivity contribution is -0.385. The fraction of sp³-hybridized carbons (Fsp3) is 0.267. The Bertz CT molecular complexity index is 771. The average Bonchev–Trinajstić information content (AvgIpc) is 2.66. The van der Waals surface area contributed by atoms with Gasteiger partial charge in [-0.3, -0.25) is 19.5 Å². The van der Waals surface area contributed by atoms with Crippen LogP contribution in [0.25, 0.3) is 0 Å². The molecule has 7 nitrogen and oxygen atoms in total. The Morgan fingerprint density at radius 1 is 1.27 bits per heavy atom. The molecule has 0 unspecified atom stereocenters. The quantitative estimate of drug-likeness (QED) is 0.670. The number of nitro groups is 1. The van der Waals surface area contributed by atoms with Crippen molar-refractivity contribution in [3.05, 3.63) is 68.6 Å². The van der Waals surface area contributed by atoms with Gasteiger partial charge in [0.2, 0.25) is 0 Å². The van der Waals surface area contributed by atoms with Gasteiger partial charge in [-0.25, -0.2) is 0 Å². The number of aliphatic hydroxyl groups excluding tert-OH is 1. The third-order valence-electron chi connectivity index (χ3n) is 3.71. The number of pyridine rings is 1. The molecule has 1 aliphatic heterocycles. The molecule has 22 heavy (non-hydrogen) atoms. The van der Waals surface area contributed by atoms with Gasteiger partial charge in [0.25, 0.3) is 11.2 Å². The molecule has 0 aliphatic carbocycles. The number of rotatable bonds is 2. The summed E-state index contributed by atoms with van der Waals surface area (Å²) in [4.78, 5) is 22.5. The van der Waals surface area contributed by atoms with Crippen molar-refractivity contribution < 1.29 is 14.8 Å². The van der Waals surface area contributed by atoms with Crippen LogP contribution in [0.5, 0.6) is 5.75 Å². The number of aliphatic hydroxyl groups is 1. The maximum Gasteiger partial charge on any atom is 0.285 e. The van der Waals surface area contributed by atoms with E-state index >= 15 is 0 Å². The van der Waals surface area contributed by atoms with E-state index in [9.17, 15) is 20.0 Å². The molecule has 1 N–H and O–H groups in total. The molecule has 0 saturated heterocycles. The van der Waals surface area contributed by atoms with Crippen LogP contribution < -0.4 is 10.3 Å². The van der Waals surface area contributed by atoms with Crippen LogP contribution in [-0.2, 0) is 0 Å². The first kappa shape index (κ1) is 14.3. The molecule has 0 radical (unpaired) electrons. The molecule has 2 aromatic rings. The van der Waals surface area contributed by atoms with Gasteiger partial charge in [-0.2, -0.15) is 0 Å². The molecule has 7 heteroatoms. The number of aromatic nitrogens is 1. The third kappa shape index (κ3) is 2.46. The summed E-state index contributed by atoms with van der Waals surface area (Å²) in [7, 11) is 0. The SMILES string of the molecule is O=c1ccc([N+](=O)[O-])cn1[C@H]1c2ccccc2OCC[C@@H]1O. The Hall–Kier alpha value is -2.67. The van der Waals surface area contributed by atoms with Crippen LogP contribution in [0.3, 0.4) is 0 Å². The van der Waals surface area contributed by atoms with Crippen molar-refractivity contribution in [2.45, 2.75) is 18.6 Å². The van der Waals surface area contributed by atoms with Crippen molar-refractivity contribution in [3.8, 4) is 5.75 Å². The summed E-state index contributed by atoms with van der Waals surface area (Å²) >= 11 is 0. The van der Waals surface area contributed by atoms with Crippen molar-refractivity contribution >= 4 is 5.69 Å². The van der Waals surface area contributed by atoms with Gasteiger partial charge < -0.3 is 9.84 Å². The molecule has 1 aromatic carbocycles. The summed E-state index contributed by atoms with van der Waals surface area (Å²) in [5.41, 5.74) is 0.0240. The number of ether oxygens (including phenoxy) is 1. The normalized spacial score (nSPS) is 20.6. The molecule has 0 fully saturated rings. The van der Waals surface area contributed by atoms with E-state index in [0.29, 0.717) is 24.3 Å². The predicted molar refractivity (Wildman–Crippen MR) is 78.1 cm³/mol. The first-order chi connectivity index (χ1) is 10.6. The minimum absolute atomic E-state index is 0.200. The van der Waals surface area contributed by atoms with Crippen molar-refractivity contribution in [1.82, 2.24) is 4.57 Å². The number of fused-ring (bicyclic) bond motifs is 1. The van der Waals surface area contributed by atoms with Gasteiger partial charge in [0, 0.05) is 24.1 Å². The molecule has 2 atom stereocenters. The van der Waals surface area contributed by atoms with Gasteiger partial charge in [-0.15, -0.1) is 0 Å². The Labute approximate surface area is 125 Å². The zero-order valence-electron chi connectivity index (χ0n) is 11.6. The van der Waals surface area contributed by atoms with Crippen molar-refractivity contribution in [3.63, 3.8) is 0 Å². The number of nitrogens with zero attached hydrogens (tertiary/aromatic N) is 2. The van der Waals surface area contributed by atoms with E-state index in [-0.39, 0.29) is 5.69 Å². The van der Waals surface area contributed by atoms with Crippen LogP contribution in [0, 0.1) is 10.1 Å². The summed E-state index contributed by atoms with van der Waals surface area (Å²) < 4.78 is 6.78. The first-order valence-electron chi connectivity index (χ1n) is 6.84. The van der Waals surface area contributed by atoms with E-state index in [1.165, 1.54) is 10.8 Å². The Kier molecular flexibility index (Phi) is 3.64. The van der Waals surface area contributed by atoms with Crippen molar-refractivity contribution in [2.75, 3.05) is 6.61 Å². The Morgan fingerprint density at radius 2 is 2.05 bits per heavy atom. The lowest BCUT2D eigenvalue weighted by Crippen LogP contribution is -2.32. The fourth-order valence-electron chi connectivity index (χ4n) is 2.66. The highest BCUT2D eigenvalue weighted by Gasteiger charge is 2.30. The summed E-state index contributed by atoms with van der Waals surface area (Å²) in [5, 5.41) is 21.3. The van der Waals surface area contributed by atoms with Gasteiger partial charge in [0.15, 0.2) is 0 Å². The summed E-state index contributed by atoms with van der Waals surface area (Å²) in [6.45, 7) is 0.318. The average molecular weight is 302 g/mol. The van der Waals surface area contributed by atoms with Crippen molar-refractivity contribution in [2.24, 2.45) is 0 Å². The van der Waals surface area contributed by atoms with Crippen LogP contribution >= 0.6 is 0 Å². The molecule has 114 valence electrons. The van der Waals surface area contributed by atoms with Crippen LogP contribution in [-0.4, -0.2) is 27.3 Å². The topological polar surface area (TPSA) is 94.6 Å². The molecular formula is C15H14N2O5. The molecule has 1 aromatic heterocycles. The zero-order chi connectivity index (χ0) is 15.7. The second kappa shape index (κ2) is 5.61. The van der Waals surface area contributed by atoms with Gasteiger partial charge in [-0.05, 0) is 6.07 Å². The highest BCUT2D eigenvalue weighted by molar-refractivity contribution is 5.39. The van der Waals surface area contributed by atoms with E-state index in [1.807, 2.05) is 0 Å². The van der Waals surface area contributed by atoms with E-state index in [4.69, 9.17) is 4.74 Å². The van der Waals surface area contributed by atoms with Gasteiger partial charge in [0.05, 0.1) is 29.9 Å². The van der Waals surface area contributed by atoms with E-state index < -0.39 is 22.6 Å². The minimum Gasteiger partial charge on any atom is -0.493 e. The second-order valence-corrected chi connectivity index (χ2v) is 5.08. The van der Waals surface area contributed by atoms with E-state index in [1.54, 1.807) is 24.3 Å². The molecule has 0 spiro atoms. The lowest BCUT2D eigenvalue weighted by Gasteiger charge is -2.23. The molecule has 2 heterocycles. The summed E-state index contributed by atoms with van der Waals surface area (Å²) in [6, 6.07) is 8.65. The van der Waals surface area contributed by atoms with Gasteiger partial charge in [-0.1, -0.05) is 18.2 Å². The monoisotopic (exact) mass is 302 g/mol. The summed E-state index contributed by atoms with van der Waals surface area (Å²) in [5.74, 6) is 0.572. The van der Waals surface area contributed by atoms with Crippen LogP contribution in [0.1, 0.15) is 18.0 Å². The molecule has 0 bridgehead atoms. The fourth-order valence-corrected chi connectivity index (χ4v) is 2.66. The van der Waals surface area contributed by atoms with Gasteiger partial charge >= 0.3 is 0 Å². The highest BCUT2D eigenvalue weighted by atomic mass is 16.6. The molecule has 1 aliphatic rings. The number of hydrogen-bond acceptors (Lipinski definition) is 5. The Balaban J connectivity index is 2.19. The van der Waals surface area contributed by atoms with E-state index in [0.717, 1.165) is 12.1 Å². The second-order valence-electron chi connectivity index (χ2n) is 5.08. The van der Waals surface area contributed by atoms with Crippen molar-refractivity contribution in [1.29, 1.82) is 0 Å². The van der Waals surface area contributed by atoms with E-state index in [2.05, 4.69) is 0 Å². The number of hydrogen-bond donors (Lipinski definition) is 1. The van der Waals surface area contributed by atoms with Crippen LogP contribution in [0.15, 0.2) is 47.4 Å². The van der Waals surface area contributed by atoms with Crippen LogP contribution in [0.2, 0.25) is 0 Å². The van der Waals surface area contributed by atoms with Gasteiger partial charge in [0.1, 0.15) is 5.75 Å². The maximum atomic E-state index is 12.1. The standard InChI is InChI=1S/C15H14N2O5/c18-12-7-8-22-13-4-2-1-3-11(13)15(12)16-9-10(17(20)21)5-6-14(16)19/h1-6,9,12,15,18H,7-8H2/t12-,15-/m0/s1. The largest absolute Gasteiger partial charge is 0.493 e. The lowest BCUT2D eigenvalue weighted by atomic mass is 9.99. The minimum atomic E-state index is -0.872. The predicted octanol–water partition coefficient (Wildman–Crippen LogP) is 1.49. The maximum absolute atomic E-state index is 12.1.